The van der Waals surface area contributed by atoms with Crippen molar-refractivity contribution in [3.63, 3.8) is 0 Å². The van der Waals surface area contributed by atoms with E-state index in [1.807, 2.05) is 12.1 Å². The summed E-state index contributed by atoms with van der Waals surface area (Å²) in [6.45, 7) is 1.46. The molecule has 0 atom stereocenters. The number of anilines is 1. The Balaban J connectivity index is 2.10. The molecular formula is C17H15N3O2S. The summed E-state index contributed by atoms with van der Waals surface area (Å²) in [6, 6.07) is 16.3. The van der Waals surface area contributed by atoms with E-state index >= 15 is 0 Å². The first kappa shape index (κ1) is 16.6. The molecule has 0 saturated heterocycles. The summed E-state index contributed by atoms with van der Waals surface area (Å²) in [5.41, 5.74) is 4.19. The maximum Gasteiger partial charge on any atom is 0.186 e. The van der Waals surface area contributed by atoms with Gasteiger partial charge in [-0.05, 0) is 48.5 Å². The van der Waals surface area contributed by atoms with Gasteiger partial charge < -0.3 is 4.74 Å². The van der Waals surface area contributed by atoms with Gasteiger partial charge in [0.05, 0.1) is 24.4 Å². The third-order valence-electron chi connectivity index (χ3n) is 2.88. The van der Waals surface area contributed by atoms with Crippen LogP contribution in [0.4, 0.5) is 5.69 Å². The van der Waals surface area contributed by atoms with Crippen LogP contribution in [0, 0.1) is 11.3 Å². The van der Waals surface area contributed by atoms with E-state index in [1.54, 1.807) is 43.5 Å². The van der Waals surface area contributed by atoms with Gasteiger partial charge in [-0.2, -0.15) is 10.4 Å². The molecule has 0 aliphatic carbocycles. The lowest BCUT2D eigenvalue weighted by Crippen LogP contribution is -2.08. The summed E-state index contributed by atoms with van der Waals surface area (Å²) >= 11 is 1.25. The van der Waals surface area contributed by atoms with Gasteiger partial charge in [0, 0.05) is 11.8 Å². The Labute approximate surface area is 139 Å². The number of hydrogen-bond acceptors (Lipinski definition) is 6. The molecule has 0 spiro atoms. The number of hydrogen-bond donors (Lipinski definition) is 1. The average Bonchev–Trinajstić information content (AvgIpc) is 2.59. The molecule has 2 aromatic rings. The Hall–Kier alpha value is -2.78. The van der Waals surface area contributed by atoms with Gasteiger partial charge >= 0.3 is 0 Å². The summed E-state index contributed by atoms with van der Waals surface area (Å²) in [4.78, 5) is 12.6. The Morgan fingerprint density at radius 1 is 1.17 bits per heavy atom. The number of ketones is 1. The number of carbonyl (C=O) groups is 1. The fourth-order valence-corrected chi connectivity index (χ4v) is 2.39. The lowest BCUT2D eigenvalue weighted by molar-refractivity contribution is -0.110. The maximum absolute atomic E-state index is 11.7. The SMILES string of the molecule is COc1ccc(NN=C(Sc2ccc(C#N)cc2)C(C)=O)cc1. The lowest BCUT2D eigenvalue weighted by atomic mass is 10.2. The second-order valence-corrected chi connectivity index (χ2v) is 5.61. The van der Waals surface area contributed by atoms with Gasteiger partial charge in [-0.15, -0.1) is 0 Å². The first-order valence-electron chi connectivity index (χ1n) is 6.79. The summed E-state index contributed by atoms with van der Waals surface area (Å²) in [6.07, 6.45) is 0. The highest BCUT2D eigenvalue weighted by Gasteiger charge is 2.09. The minimum atomic E-state index is -0.139. The van der Waals surface area contributed by atoms with Crippen LogP contribution in [-0.2, 0) is 4.79 Å². The van der Waals surface area contributed by atoms with E-state index in [0.717, 1.165) is 16.3 Å². The molecule has 0 fully saturated rings. The Bertz CT molecular complexity index is 747. The van der Waals surface area contributed by atoms with E-state index in [1.165, 1.54) is 18.7 Å². The normalized spacial score (nSPS) is 10.7. The van der Waals surface area contributed by atoms with Crippen molar-refractivity contribution < 1.29 is 9.53 Å². The smallest absolute Gasteiger partial charge is 0.186 e. The predicted octanol–water partition coefficient (Wildman–Crippen LogP) is 3.67. The van der Waals surface area contributed by atoms with Crippen LogP contribution in [0.25, 0.3) is 0 Å². The number of carbonyl (C=O) groups excluding carboxylic acids is 1. The second kappa shape index (κ2) is 8.01. The van der Waals surface area contributed by atoms with Crippen LogP contribution in [-0.4, -0.2) is 17.9 Å². The molecule has 1 N–H and O–H groups in total. The van der Waals surface area contributed by atoms with Crippen molar-refractivity contribution in [3.05, 3.63) is 54.1 Å². The lowest BCUT2D eigenvalue weighted by Gasteiger charge is -2.06. The number of nitrogens with zero attached hydrogens (tertiary/aromatic N) is 2. The van der Waals surface area contributed by atoms with Crippen LogP contribution >= 0.6 is 11.8 Å². The number of nitriles is 1. The fraction of sp³-hybridized carbons (Fsp3) is 0.118. The number of hydrazone groups is 1. The van der Waals surface area contributed by atoms with Gasteiger partial charge in [0.2, 0.25) is 0 Å². The Morgan fingerprint density at radius 3 is 2.35 bits per heavy atom. The molecule has 0 bridgehead atoms. The maximum atomic E-state index is 11.7. The van der Waals surface area contributed by atoms with Gasteiger partial charge in [0.15, 0.2) is 10.8 Å². The first-order valence-corrected chi connectivity index (χ1v) is 7.60. The van der Waals surface area contributed by atoms with Crippen molar-refractivity contribution in [1.29, 1.82) is 5.26 Å². The molecule has 0 radical (unpaired) electrons. The van der Waals surface area contributed by atoms with Crippen LogP contribution in [0.5, 0.6) is 5.75 Å². The third kappa shape index (κ3) is 4.87. The highest BCUT2D eigenvalue weighted by atomic mass is 32.2. The predicted molar refractivity (Wildman–Crippen MR) is 91.7 cm³/mol. The highest BCUT2D eigenvalue weighted by molar-refractivity contribution is 8.15. The molecule has 2 rings (SSSR count). The summed E-state index contributed by atoms with van der Waals surface area (Å²) < 4.78 is 5.09. The van der Waals surface area contributed by atoms with Crippen molar-refractivity contribution in [3.8, 4) is 11.8 Å². The van der Waals surface area contributed by atoms with Crippen molar-refractivity contribution in [1.82, 2.24) is 0 Å². The fourth-order valence-electron chi connectivity index (χ4n) is 1.66. The standard InChI is InChI=1S/C17H15N3O2S/c1-12(21)17(23-16-9-3-13(11-18)4-10-16)20-19-14-5-7-15(22-2)8-6-14/h3-10,19H,1-2H3. The van der Waals surface area contributed by atoms with Crippen LogP contribution in [0.15, 0.2) is 58.5 Å². The molecule has 5 nitrogen and oxygen atoms in total. The van der Waals surface area contributed by atoms with Crippen molar-refractivity contribution >= 4 is 28.3 Å². The molecule has 0 aromatic heterocycles. The van der Waals surface area contributed by atoms with Crippen LogP contribution < -0.4 is 10.2 Å². The molecule has 0 unspecified atom stereocenters. The number of benzene rings is 2. The van der Waals surface area contributed by atoms with Gasteiger partial charge in [-0.1, -0.05) is 11.8 Å². The van der Waals surface area contributed by atoms with Crippen molar-refractivity contribution in [2.75, 3.05) is 12.5 Å². The van der Waals surface area contributed by atoms with Crippen LogP contribution in [0.2, 0.25) is 0 Å². The number of Topliss-reactive ketones (excluding diaryl/α,β-unsaturated/α-hetero) is 1. The number of nitrogens with one attached hydrogen (secondary N) is 1. The van der Waals surface area contributed by atoms with Gasteiger partial charge in [0.1, 0.15) is 5.75 Å². The number of rotatable bonds is 5. The zero-order chi connectivity index (χ0) is 16.7. The molecule has 0 aliphatic heterocycles. The van der Waals surface area contributed by atoms with Crippen LogP contribution in [0.1, 0.15) is 12.5 Å². The summed E-state index contributed by atoms with van der Waals surface area (Å²) in [7, 11) is 1.60. The minimum Gasteiger partial charge on any atom is -0.497 e. The zero-order valence-corrected chi connectivity index (χ0v) is 13.6. The molecular weight excluding hydrogens is 310 g/mol. The van der Waals surface area contributed by atoms with Gasteiger partial charge in [-0.3, -0.25) is 10.2 Å². The monoisotopic (exact) mass is 325 g/mol. The van der Waals surface area contributed by atoms with E-state index in [4.69, 9.17) is 10.00 Å². The molecule has 0 heterocycles. The zero-order valence-electron chi connectivity index (χ0n) is 12.7. The molecule has 2 aromatic carbocycles. The van der Waals surface area contributed by atoms with E-state index < -0.39 is 0 Å². The molecule has 6 heteroatoms. The molecule has 0 saturated carbocycles. The second-order valence-electron chi connectivity index (χ2n) is 4.55. The average molecular weight is 325 g/mol. The quantitative estimate of drug-likeness (QED) is 0.393. The largest absolute Gasteiger partial charge is 0.497 e. The third-order valence-corrected chi connectivity index (χ3v) is 3.96. The van der Waals surface area contributed by atoms with Gasteiger partial charge in [0.25, 0.3) is 0 Å². The number of methoxy groups -OCH3 is 1. The minimum absolute atomic E-state index is 0.139. The molecule has 116 valence electrons. The van der Waals surface area contributed by atoms with Crippen molar-refractivity contribution in [2.45, 2.75) is 11.8 Å². The van der Waals surface area contributed by atoms with Crippen LogP contribution in [0.3, 0.4) is 0 Å². The van der Waals surface area contributed by atoms with Gasteiger partial charge in [-0.25, -0.2) is 0 Å². The number of ether oxygens (including phenoxy) is 1. The Morgan fingerprint density at radius 2 is 1.83 bits per heavy atom. The van der Waals surface area contributed by atoms with E-state index in [0.29, 0.717) is 10.6 Å². The highest BCUT2D eigenvalue weighted by Crippen LogP contribution is 2.21. The topological polar surface area (TPSA) is 74.5 Å². The van der Waals surface area contributed by atoms with E-state index in [2.05, 4.69) is 16.6 Å². The molecule has 0 aliphatic rings. The first-order chi connectivity index (χ1) is 11.1. The molecule has 23 heavy (non-hydrogen) atoms. The summed E-state index contributed by atoms with van der Waals surface area (Å²) in [5.74, 6) is 0.610. The van der Waals surface area contributed by atoms with E-state index in [9.17, 15) is 4.79 Å². The number of thioether (sulfide) groups is 1. The van der Waals surface area contributed by atoms with E-state index in [-0.39, 0.29) is 5.78 Å². The van der Waals surface area contributed by atoms with Crippen molar-refractivity contribution in [2.24, 2.45) is 5.10 Å². The summed E-state index contributed by atoms with van der Waals surface area (Å²) in [5, 5.41) is 13.3. The molecule has 0 amide bonds. The Kier molecular flexibility index (Phi) is 5.78.